The van der Waals surface area contributed by atoms with E-state index >= 15 is 0 Å². The van der Waals surface area contributed by atoms with Crippen LogP contribution >= 0.6 is 0 Å². The molecule has 1 aromatic rings. The van der Waals surface area contributed by atoms with E-state index < -0.39 is 6.04 Å². The fraction of sp³-hybridized carbons (Fsp3) is 0.625. The molecule has 1 aromatic heterocycles. The van der Waals surface area contributed by atoms with Gasteiger partial charge in [0.2, 0.25) is 11.9 Å². The number of carbonyl (C=O) groups excluding carboxylic acids is 2. The van der Waals surface area contributed by atoms with Crippen LogP contribution in [-0.2, 0) is 16.1 Å². The number of carbonyl (C=O) groups is 2. The number of hydrogen-bond donors (Lipinski definition) is 0. The van der Waals surface area contributed by atoms with Crippen LogP contribution in [0.1, 0.15) is 30.8 Å². The third-order valence-corrected chi connectivity index (χ3v) is 4.87. The SMILES string of the molecule is CCN1C(=O)C2C(=Nc3n2c(C)c(C)[n+]3CCCOC)N(C)C1=O. The molecule has 8 nitrogen and oxygen atoms in total. The zero-order chi connectivity index (χ0) is 17.6. The molecule has 1 unspecified atom stereocenters. The number of methoxy groups -OCH3 is 1. The molecule has 0 spiro atoms. The van der Waals surface area contributed by atoms with Crippen molar-refractivity contribution < 1.29 is 18.9 Å². The number of fused-ring (bicyclic) bond motifs is 3. The average Bonchev–Trinajstić information content (AvgIpc) is 3.05. The van der Waals surface area contributed by atoms with Crippen LogP contribution in [-0.4, -0.2) is 59.4 Å². The van der Waals surface area contributed by atoms with Crippen LogP contribution in [0.2, 0.25) is 0 Å². The summed E-state index contributed by atoms with van der Waals surface area (Å²) in [6.45, 7) is 7.60. The largest absolute Gasteiger partial charge is 0.402 e. The highest BCUT2D eigenvalue weighted by molar-refractivity contribution is 6.20. The highest BCUT2D eigenvalue weighted by Crippen LogP contribution is 2.35. The van der Waals surface area contributed by atoms with Crippen LogP contribution in [0, 0.1) is 13.8 Å². The van der Waals surface area contributed by atoms with Crippen LogP contribution < -0.4 is 4.57 Å². The molecule has 0 aromatic carbocycles. The number of imide groups is 1. The van der Waals surface area contributed by atoms with Gasteiger partial charge in [-0.15, -0.1) is 0 Å². The fourth-order valence-corrected chi connectivity index (χ4v) is 3.43. The monoisotopic (exact) mass is 334 g/mol. The first-order valence-electron chi connectivity index (χ1n) is 8.21. The Morgan fingerprint density at radius 1 is 1.29 bits per heavy atom. The quantitative estimate of drug-likeness (QED) is 0.594. The molecular weight excluding hydrogens is 310 g/mol. The summed E-state index contributed by atoms with van der Waals surface area (Å²) >= 11 is 0. The van der Waals surface area contributed by atoms with E-state index in [1.165, 1.54) is 9.80 Å². The van der Waals surface area contributed by atoms with Gasteiger partial charge in [0.25, 0.3) is 5.91 Å². The fourth-order valence-electron chi connectivity index (χ4n) is 3.43. The molecule has 1 atom stereocenters. The van der Waals surface area contributed by atoms with Crippen molar-refractivity contribution in [3.8, 4) is 0 Å². The van der Waals surface area contributed by atoms with Crippen LogP contribution in [0.5, 0.6) is 0 Å². The highest BCUT2D eigenvalue weighted by Gasteiger charge is 2.53. The van der Waals surface area contributed by atoms with Gasteiger partial charge in [0.15, 0.2) is 0 Å². The van der Waals surface area contributed by atoms with Crippen LogP contribution in [0.25, 0.3) is 0 Å². The minimum absolute atomic E-state index is 0.208. The lowest BCUT2D eigenvalue weighted by Gasteiger charge is -2.32. The molecule has 1 saturated heterocycles. The minimum Gasteiger partial charge on any atom is -0.385 e. The Morgan fingerprint density at radius 2 is 2.00 bits per heavy atom. The van der Waals surface area contributed by atoms with Gasteiger partial charge in [-0.2, -0.15) is 0 Å². The predicted octanol–water partition coefficient (Wildman–Crippen LogP) is 0.928. The maximum absolute atomic E-state index is 12.8. The summed E-state index contributed by atoms with van der Waals surface area (Å²) in [5, 5.41) is 0. The first-order chi connectivity index (χ1) is 11.4. The summed E-state index contributed by atoms with van der Waals surface area (Å²) in [4.78, 5) is 32.6. The lowest BCUT2D eigenvalue weighted by Crippen LogP contribution is -2.57. The third kappa shape index (κ3) is 2.16. The normalized spacial score (nSPS) is 19.7. The lowest BCUT2D eigenvalue weighted by molar-refractivity contribution is -0.689. The molecule has 2 aliphatic heterocycles. The smallest absolute Gasteiger partial charge is 0.385 e. The van der Waals surface area contributed by atoms with Crippen LogP contribution in [0.4, 0.5) is 10.7 Å². The molecule has 0 radical (unpaired) electrons. The molecule has 8 heteroatoms. The predicted molar refractivity (Wildman–Crippen MR) is 87.3 cm³/mol. The standard InChI is InChI=1S/C16H24N5O3/c1-6-19-14(22)12-13(18(4)16(19)23)17-15-20(8-7-9-24-5)10(2)11(3)21(12)15/h12H,6-9H2,1-5H3/q+1. The summed E-state index contributed by atoms with van der Waals surface area (Å²) in [6, 6.07) is -0.867. The maximum Gasteiger partial charge on any atom is 0.402 e. The number of rotatable bonds is 5. The minimum atomic E-state index is -0.551. The maximum atomic E-state index is 12.8. The Hall–Kier alpha value is -2.22. The molecule has 2 aliphatic rings. The van der Waals surface area contributed by atoms with Gasteiger partial charge in [0.05, 0.1) is 6.54 Å². The van der Waals surface area contributed by atoms with Gasteiger partial charge in [-0.1, -0.05) is 4.99 Å². The number of imidazole rings is 1. The first-order valence-corrected chi connectivity index (χ1v) is 8.21. The first kappa shape index (κ1) is 16.6. The summed E-state index contributed by atoms with van der Waals surface area (Å²) in [6.07, 6.45) is 0.859. The van der Waals surface area contributed by atoms with Crippen molar-refractivity contribution in [2.75, 3.05) is 27.3 Å². The van der Waals surface area contributed by atoms with E-state index in [1.54, 1.807) is 21.1 Å². The van der Waals surface area contributed by atoms with E-state index in [-0.39, 0.29) is 11.9 Å². The van der Waals surface area contributed by atoms with Gasteiger partial charge in [0, 0.05) is 33.7 Å². The lowest BCUT2D eigenvalue weighted by atomic mass is 10.1. The number of nitrogens with zero attached hydrogens (tertiary/aromatic N) is 5. The van der Waals surface area contributed by atoms with Crippen molar-refractivity contribution in [2.45, 2.75) is 39.8 Å². The summed E-state index contributed by atoms with van der Waals surface area (Å²) < 4.78 is 9.18. The number of likely N-dealkylation sites (N-methyl/N-ethyl adjacent to an activating group) is 2. The molecule has 1 fully saturated rings. The molecular formula is C16H24N5O3+. The zero-order valence-electron chi connectivity index (χ0n) is 14.9. The number of amides is 3. The highest BCUT2D eigenvalue weighted by atomic mass is 16.5. The number of hydrogen-bond acceptors (Lipinski definition) is 4. The second-order valence-corrected chi connectivity index (χ2v) is 6.14. The average molecular weight is 334 g/mol. The van der Waals surface area contributed by atoms with Gasteiger partial charge >= 0.3 is 12.0 Å². The molecule has 24 heavy (non-hydrogen) atoms. The molecule has 0 saturated carbocycles. The van der Waals surface area contributed by atoms with Crippen molar-refractivity contribution in [3.05, 3.63) is 11.4 Å². The van der Waals surface area contributed by atoms with E-state index in [0.29, 0.717) is 19.0 Å². The van der Waals surface area contributed by atoms with Gasteiger partial charge in [-0.25, -0.2) is 13.9 Å². The van der Waals surface area contributed by atoms with Crippen molar-refractivity contribution in [2.24, 2.45) is 4.99 Å². The number of aromatic nitrogens is 2. The van der Waals surface area contributed by atoms with Crippen LogP contribution in [0.15, 0.2) is 4.99 Å². The Kier molecular flexibility index (Phi) is 4.16. The number of amidine groups is 1. The van der Waals surface area contributed by atoms with Crippen LogP contribution in [0.3, 0.4) is 0 Å². The summed E-state index contributed by atoms with van der Waals surface area (Å²) in [5.74, 6) is 1.03. The topological polar surface area (TPSA) is 71.0 Å². The van der Waals surface area contributed by atoms with E-state index in [4.69, 9.17) is 4.74 Å². The Labute approximate surface area is 141 Å². The van der Waals surface area contributed by atoms with E-state index in [0.717, 1.165) is 30.3 Å². The summed E-state index contributed by atoms with van der Waals surface area (Å²) in [7, 11) is 3.35. The Bertz CT molecular complexity index is 737. The summed E-state index contributed by atoms with van der Waals surface area (Å²) in [5.41, 5.74) is 2.08. The Morgan fingerprint density at radius 3 is 2.62 bits per heavy atom. The Balaban J connectivity index is 2.07. The van der Waals surface area contributed by atoms with Gasteiger partial charge < -0.3 is 4.74 Å². The third-order valence-electron chi connectivity index (χ3n) is 4.87. The van der Waals surface area contributed by atoms with E-state index in [9.17, 15) is 9.59 Å². The van der Waals surface area contributed by atoms with E-state index in [2.05, 4.69) is 9.56 Å². The molecule has 0 bridgehead atoms. The number of aliphatic imine (C=N–C) groups is 1. The van der Waals surface area contributed by atoms with Gasteiger partial charge in [0.1, 0.15) is 11.4 Å². The molecule has 3 amide bonds. The van der Waals surface area contributed by atoms with Crippen molar-refractivity contribution >= 4 is 23.7 Å². The van der Waals surface area contributed by atoms with E-state index in [1.807, 2.05) is 18.4 Å². The molecule has 3 heterocycles. The second kappa shape index (κ2) is 6.01. The van der Waals surface area contributed by atoms with Crippen molar-refractivity contribution in [1.29, 1.82) is 0 Å². The van der Waals surface area contributed by atoms with Gasteiger partial charge in [-0.05, 0) is 20.8 Å². The second-order valence-electron chi connectivity index (χ2n) is 6.14. The zero-order valence-corrected chi connectivity index (χ0v) is 14.9. The number of ether oxygens (including phenoxy) is 1. The van der Waals surface area contributed by atoms with Gasteiger partial charge in [-0.3, -0.25) is 14.6 Å². The van der Waals surface area contributed by atoms with Crippen molar-refractivity contribution in [3.63, 3.8) is 0 Å². The molecule has 0 aliphatic carbocycles. The number of urea groups is 1. The molecule has 0 N–H and O–H groups in total. The molecule has 3 rings (SSSR count). The molecule has 130 valence electrons. The van der Waals surface area contributed by atoms with Crippen molar-refractivity contribution in [1.82, 2.24) is 14.4 Å².